The Morgan fingerprint density at radius 3 is 2.56 bits per heavy atom. The Kier molecular flexibility index (Phi) is 7.71. The molecule has 1 amide bonds. The molecule has 0 fully saturated rings. The summed E-state index contributed by atoms with van der Waals surface area (Å²) in [6.45, 7) is 8.50. The van der Waals surface area contributed by atoms with Crippen molar-refractivity contribution in [3.05, 3.63) is 29.8 Å². The van der Waals surface area contributed by atoms with Gasteiger partial charge in [-0.2, -0.15) is 0 Å². The first-order valence-electron chi connectivity index (χ1n) is 8.60. The maximum Gasteiger partial charge on any atom is 0.230 e. The number of aromatic nitrogens is 2. The molecule has 0 saturated heterocycles. The molecule has 1 atom stereocenters. The lowest BCUT2D eigenvalue weighted by Gasteiger charge is -2.11. The number of hydrogen-bond donors (Lipinski definition) is 2. The van der Waals surface area contributed by atoms with Crippen LogP contribution in [0.15, 0.2) is 28.6 Å². The molecule has 1 aromatic carbocycles. The number of carbonyl (C=O) groups is 1. The van der Waals surface area contributed by atoms with Gasteiger partial charge in [0.1, 0.15) is 0 Å². The minimum Gasteiger partial charge on any atom is -0.353 e. The van der Waals surface area contributed by atoms with Gasteiger partial charge in [-0.3, -0.25) is 4.79 Å². The van der Waals surface area contributed by atoms with Crippen molar-refractivity contribution < 1.29 is 4.79 Å². The highest BCUT2D eigenvalue weighted by Crippen LogP contribution is 2.28. The van der Waals surface area contributed by atoms with Crippen LogP contribution in [0, 0.1) is 0 Å². The van der Waals surface area contributed by atoms with E-state index in [1.165, 1.54) is 28.7 Å². The molecular formula is C18H26N4OS2. The standard InChI is InChI=1S/C18H26N4OS2/c1-5-6-13(4)19-16(23)11-24-18-22-21-17(25-18)20-15-9-7-14(8-10-15)12(2)3/h7-10,12-13H,5-6,11H2,1-4H3,(H,19,23)(H,20,21)/t13-/m1/s1. The van der Waals surface area contributed by atoms with E-state index in [0.717, 1.165) is 28.0 Å². The van der Waals surface area contributed by atoms with Crippen molar-refractivity contribution in [3.63, 3.8) is 0 Å². The van der Waals surface area contributed by atoms with Crippen molar-refractivity contribution >= 4 is 39.8 Å². The molecule has 0 saturated carbocycles. The Balaban J connectivity index is 1.82. The number of benzene rings is 1. The number of anilines is 2. The second-order valence-corrected chi connectivity index (χ2v) is 8.52. The summed E-state index contributed by atoms with van der Waals surface area (Å²) in [5.41, 5.74) is 2.30. The number of nitrogens with one attached hydrogen (secondary N) is 2. The molecule has 2 N–H and O–H groups in total. The zero-order chi connectivity index (χ0) is 18.2. The molecule has 0 aliphatic carbocycles. The van der Waals surface area contributed by atoms with Gasteiger partial charge < -0.3 is 10.6 Å². The Hall–Kier alpha value is -1.60. The van der Waals surface area contributed by atoms with Crippen molar-refractivity contribution in [1.82, 2.24) is 15.5 Å². The van der Waals surface area contributed by atoms with E-state index in [2.05, 4.69) is 53.7 Å². The lowest BCUT2D eigenvalue weighted by molar-refractivity contribution is -0.119. The van der Waals surface area contributed by atoms with E-state index < -0.39 is 0 Å². The number of hydrogen-bond acceptors (Lipinski definition) is 6. The molecule has 7 heteroatoms. The average Bonchev–Trinajstić information content (AvgIpc) is 3.01. The number of carbonyl (C=O) groups excluding carboxylic acids is 1. The monoisotopic (exact) mass is 378 g/mol. The molecule has 2 rings (SSSR count). The third kappa shape index (κ3) is 6.66. The van der Waals surface area contributed by atoms with E-state index in [4.69, 9.17) is 0 Å². The first-order chi connectivity index (χ1) is 12.0. The van der Waals surface area contributed by atoms with Crippen LogP contribution in [-0.4, -0.2) is 27.9 Å². The van der Waals surface area contributed by atoms with Crippen LogP contribution in [0.4, 0.5) is 10.8 Å². The van der Waals surface area contributed by atoms with Crippen molar-refractivity contribution in [1.29, 1.82) is 0 Å². The second kappa shape index (κ2) is 9.77. The van der Waals surface area contributed by atoms with Crippen LogP contribution in [0.5, 0.6) is 0 Å². The van der Waals surface area contributed by atoms with Gasteiger partial charge in [-0.05, 0) is 37.0 Å². The van der Waals surface area contributed by atoms with Gasteiger partial charge in [-0.1, -0.05) is 62.4 Å². The third-order valence-corrected chi connectivity index (χ3v) is 5.66. The second-order valence-electron chi connectivity index (χ2n) is 6.32. The van der Waals surface area contributed by atoms with Crippen LogP contribution < -0.4 is 10.6 Å². The minimum atomic E-state index is 0.0416. The highest BCUT2D eigenvalue weighted by molar-refractivity contribution is 8.01. The largest absolute Gasteiger partial charge is 0.353 e. The zero-order valence-electron chi connectivity index (χ0n) is 15.2. The topological polar surface area (TPSA) is 66.9 Å². The summed E-state index contributed by atoms with van der Waals surface area (Å²) >= 11 is 2.88. The van der Waals surface area contributed by atoms with Crippen molar-refractivity contribution in [2.24, 2.45) is 0 Å². The molecule has 0 spiro atoms. The number of amides is 1. The lowest BCUT2D eigenvalue weighted by Crippen LogP contribution is -2.33. The Morgan fingerprint density at radius 2 is 1.92 bits per heavy atom. The maximum atomic E-state index is 11.9. The summed E-state index contributed by atoms with van der Waals surface area (Å²) in [5.74, 6) is 0.927. The highest BCUT2D eigenvalue weighted by atomic mass is 32.2. The first kappa shape index (κ1) is 19.7. The molecule has 0 bridgehead atoms. The van der Waals surface area contributed by atoms with Crippen LogP contribution in [0.3, 0.4) is 0 Å². The summed E-state index contributed by atoms with van der Waals surface area (Å²) in [6.07, 6.45) is 2.07. The van der Waals surface area contributed by atoms with Crippen LogP contribution >= 0.6 is 23.1 Å². The van der Waals surface area contributed by atoms with Crippen LogP contribution in [0.2, 0.25) is 0 Å². The summed E-state index contributed by atoms with van der Waals surface area (Å²) in [6, 6.07) is 8.55. The number of nitrogens with zero attached hydrogens (tertiary/aromatic N) is 2. The van der Waals surface area contributed by atoms with Gasteiger partial charge in [0.05, 0.1) is 5.75 Å². The number of thioether (sulfide) groups is 1. The van der Waals surface area contributed by atoms with Gasteiger partial charge in [0.2, 0.25) is 11.0 Å². The molecule has 136 valence electrons. The van der Waals surface area contributed by atoms with Crippen LogP contribution in [0.1, 0.15) is 52.0 Å². The maximum absolute atomic E-state index is 11.9. The van der Waals surface area contributed by atoms with Gasteiger partial charge in [0.25, 0.3) is 0 Å². The fourth-order valence-corrected chi connectivity index (χ4v) is 3.93. The van der Waals surface area contributed by atoms with Gasteiger partial charge in [0.15, 0.2) is 4.34 Å². The molecule has 0 unspecified atom stereocenters. The lowest BCUT2D eigenvalue weighted by atomic mass is 10.0. The van der Waals surface area contributed by atoms with Gasteiger partial charge >= 0.3 is 0 Å². The molecule has 2 aromatic rings. The van der Waals surface area contributed by atoms with Crippen molar-refractivity contribution in [2.75, 3.05) is 11.1 Å². The van der Waals surface area contributed by atoms with E-state index in [1.54, 1.807) is 0 Å². The molecule has 5 nitrogen and oxygen atoms in total. The molecule has 0 radical (unpaired) electrons. The Bertz CT molecular complexity index is 670. The summed E-state index contributed by atoms with van der Waals surface area (Å²) in [4.78, 5) is 11.9. The molecule has 1 heterocycles. The van der Waals surface area contributed by atoms with Gasteiger partial charge in [-0.15, -0.1) is 10.2 Å². The van der Waals surface area contributed by atoms with E-state index in [9.17, 15) is 4.79 Å². The minimum absolute atomic E-state index is 0.0416. The predicted octanol–water partition coefficient (Wildman–Crippen LogP) is 4.80. The Labute approximate surface area is 158 Å². The van der Waals surface area contributed by atoms with E-state index in [1.807, 2.05) is 19.1 Å². The zero-order valence-corrected chi connectivity index (χ0v) is 16.8. The molecule has 25 heavy (non-hydrogen) atoms. The normalized spacial score (nSPS) is 12.2. The van der Waals surface area contributed by atoms with Crippen molar-refractivity contribution in [3.8, 4) is 0 Å². The highest BCUT2D eigenvalue weighted by Gasteiger charge is 2.10. The fraction of sp³-hybridized carbons (Fsp3) is 0.500. The van der Waals surface area contributed by atoms with Crippen LogP contribution in [-0.2, 0) is 4.79 Å². The third-order valence-electron chi connectivity index (χ3n) is 3.69. The molecule has 0 aliphatic rings. The molecule has 0 aliphatic heterocycles. The number of rotatable bonds is 9. The van der Waals surface area contributed by atoms with Crippen LogP contribution in [0.25, 0.3) is 0 Å². The quantitative estimate of drug-likeness (QED) is 0.613. The van der Waals surface area contributed by atoms with E-state index in [0.29, 0.717) is 11.7 Å². The fourth-order valence-electron chi connectivity index (χ4n) is 2.34. The van der Waals surface area contributed by atoms with Crippen molar-refractivity contribution in [2.45, 2.75) is 56.8 Å². The average molecular weight is 379 g/mol. The SMILES string of the molecule is CCC[C@@H](C)NC(=O)CSc1nnc(Nc2ccc(C(C)C)cc2)s1. The van der Waals surface area contributed by atoms with E-state index >= 15 is 0 Å². The summed E-state index contributed by atoms with van der Waals surface area (Å²) in [7, 11) is 0. The first-order valence-corrected chi connectivity index (χ1v) is 10.4. The predicted molar refractivity (Wildman–Crippen MR) is 107 cm³/mol. The summed E-state index contributed by atoms with van der Waals surface area (Å²) < 4.78 is 0.791. The van der Waals surface area contributed by atoms with E-state index in [-0.39, 0.29) is 11.9 Å². The van der Waals surface area contributed by atoms with Gasteiger partial charge in [0, 0.05) is 11.7 Å². The molecule has 1 aromatic heterocycles. The Morgan fingerprint density at radius 1 is 1.20 bits per heavy atom. The smallest absolute Gasteiger partial charge is 0.230 e. The molecular weight excluding hydrogens is 352 g/mol. The van der Waals surface area contributed by atoms with Gasteiger partial charge in [-0.25, -0.2) is 0 Å². The summed E-state index contributed by atoms with van der Waals surface area (Å²) in [5, 5.41) is 15.3.